The van der Waals surface area contributed by atoms with Gasteiger partial charge in [-0.2, -0.15) is 0 Å². The summed E-state index contributed by atoms with van der Waals surface area (Å²) in [5.74, 6) is -0.00446. The molecule has 2 amide bonds. The number of carbonyl (C=O) groups is 2. The van der Waals surface area contributed by atoms with E-state index in [1.165, 1.54) is 32.1 Å². The highest BCUT2D eigenvalue weighted by atomic mass is 16.2. The number of aromatic nitrogens is 1. The van der Waals surface area contributed by atoms with Crippen molar-refractivity contribution in [1.29, 1.82) is 0 Å². The molecule has 1 aliphatic carbocycles. The summed E-state index contributed by atoms with van der Waals surface area (Å²) in [5, 5.41) is 3.00. The van der Waals surface area contributed by atoms with Crippen molar-refractivity contribution in [3.8, 4) is 0 Å². The average molecular weight is 394 g/mol. The minimum Gasteiger partial charge on any atom is -0.345 e. The summed E-state index contributed by atoms with van der Waals surface area (Å²) in [6, 6.07) is 9.78. The largest absolute Gasteiger partial charge is 0.345 e. The van der Waals surface area contributed by atoms with Gasteiger partial charge in [0, 0.05) is 41.8 Å². The number of rotatable bonds is 4. The molecular formula is C24H31N3O2. The van der Waals surface area contributed by atoms with Gasteiger partial charge in [-0.25, -0.2) is 0 Å². The van der Waals surface area contributed by atoms with Crippen LogP contribution < -0.4 is 5.32 Å². The Kier molecular flexibility index (Phi) is 5.74. The Morgan fingerprint density at radius 2 is 1.59 bits per heavy atom. The minimum atomic E-state index is -0.0845. The van der Waals surface area contributed by atoms with Crippen LogP contribution in [-0.2, 0) is 0 Å². The topological polar surface area (TPSA) is 54.3 Å². The average Bonchev–Trinajstić information content (AvgIpc) is 3.37. The highest BCUT2D eigenvalue weighted by Gasteiger charge is 2.23. The fourth-order valence-electron chi connectivity index (χ4n) is 4.91. The molecule has 2 aliphatic rings. The van der Waals surface area contributed by atoms with Crippen molar-refractivity contribution < 1.29 is 9.59 Å². The van der Waals surface area contributed by atoms with Crippen LogP contribution in [0.25, 0.3) is 0 Å². The van der Waals surface area contributed by atoms with E-state index in [1.807, 2.05) is 42.2 Å². The first-order chi connectivity index (χ1) is 14.0. The lowest BCUT2D eigenvalue weighted by Crippen LogP contribution is -2.27. The van der Waals surface area contributed by atoms with Crippen molar-refractivity contribution in [2.24, 2.45) is 0 Å². The number of nitrogens with zero attached hydrogens (tertiary/aromatic N) is 2. The molecule has 154 valence electrons. The van der Waals surface area contributed by atoms with Crippen molar-refractivity contribution in [1.82, 2.24) is 9.47 Å². The molecule has 1 aromatic heterocycles. The van der Waals surface area contributed by atoms with E-state index in [2.05, 4.69) is 16.8 Å². The molecule has 1 saturated heterocycles. The van der Waals surface area contributed by atoms with Gasteiger partial charge < -0.3 is 14.8 Å². The van der Waals surface area contributed by atoms with Crippen LogP contribution in [0.15, 0.2) is 30.3 Å². The zero-order valence-electron chi connectivity index (χ0n) is 17.5. The van der Waals surface area contributed by atoms with Crippen LogP contribution >= 0.6 is 0 Å². The van der Waals surface area contributed by atoms with Crippen molar-refractivity contribution >= 4 is 17.5 Å². The molecule has 0 atom stereocenters. The molecule has 5 heteroatoms. The predicted molar refractivity (Wildman–Crippen MR) is 116 cm³/mol. The number of hydrogen-bond donors (Lipinski definition) is 1. The molecule has 1 aromatic carbocycles. The molecule has 5 nitrogen and oxygen atoms in total. The summed E-state index contributed by atoms with van der Waals surface area (Å²) >= 11 is 0. The molecule has 0 spiro atoms. The van der Waals surface area contributed by atoms with E-state index in [-0.39, 0.29) is 11.8 Å². The lowest BCUT2D eigenvalue weighted by Gasteiger charge is -2.26. The maximum absolute atomic E-state index is 12.9. The summed E-state index contributed by atoms with van der Waals surface area (Å²) in [5.41, 5.74) is 4.35. The summed E-state index contributed by atoms with van der Waals surface area (Å²) in [6.07, 6.45) is 8.42. The van der Waals surface area contributed by atoms with E-state index in [0.717, 1.165) is 48.6 Å². The number of carbonyl (C=O) groups excluding carboxylic acids is 2. The molecule has 29 heavy (non-hydrogen) atoms. The Morgan fingerprint density at radius 1 is 0.931 bits per heavy atom. The molecule has 0 bridgehead atoms. The van der Waals surface area contributed by atoms with Gasteiger partial charge in [0.25, 0.3) is 11.8 Å². The highest BCUT2D eigenvalue weighted by molar-refractivity contribution is 6.05. The van der Waals surface area contributed by atoms with Crippen LogP contribution in [0.3, 0.4) is 0 Å². The van der Waals surface area contributed by atoms with Crippen LogP contribution in [0.2, 0.25) is 0 Å². The third-order valence-corrected chi connectivity index (χ3v) is 6.45. The quantitative estimate of drug-likeness (QED) is 0.786. The standard InChI is InChI=1S/C24H31N3O2/c1-17-16-22(18(2)27(17)21-8-4-3-5-9-21)23(28)25-20-12-10-19(11-13-20)24(29)26-14-6-7-15-26/h10-13,16,21H,3-9,14-15H2,1-2H3,(H,25,28). The van der Waals surface area contributed by atoms with Crippen LogP contribution in [-0.4, -0.2) is 34.4 Å². The minimum absolute atomic E-state index is 0.0800. The Balaban J connectivity index is 1.46. The molecule has 0 unspecified atom stereocenters. The van der Waals surface area contributed by atoms with Gasteiger partial charge in [-0.15, -0.1) is 0 Å². The Labute approximate surface area is 173 Å². The molecule has 2 heterocycles. The SMILES string of the molecule is Cc1cc(C(=O)Nc2ccc(C(=O)N3CCCC3)cc2)c(C)n1C1CCCCC1. The first-order valence-electron chi connectivity index (χ1n) is 10.9. The molecule has 0 radical (unpaired) electrons. The van der Waals surface area contributed by atoms with E-state index in [9.17, 15) is 9.59 Å². The summed E-state index contributed by atoms with van der Waals surface area (Å²) < 4.78 is 2.35. The molecule has 2 fully saturated rings. The maximum Gasteiger partial charge on any atom is 0.257 e. The van der Waals surface area contributed by atoms with Gasteiger partial charge in [0.15, 0.2) is 0 Å². The number of anilines is 1. The molecule has 4 rings (SSSR count). The van der Waals surface area contributed by atoms with Crippen molar-refractivity contribution in [2.75, 3.05) is 18.4 Å². The van der Waals surface area contributed by atoms with Gasteiger partial charge in [0.05, 0.1) is 5.56 Å². The summed E-state index contributed by atoms with van der Waals surface area (Å²) in [6.45, 7) is 5.83. The molecule has 1 N–H and O–H groups in total. The fourth-order valence-corrected chi connectivity index (χ4v) is 4.91. The fraction of sp³-hybridized carbons (Fsp3) is 0.500. The lowest BCUT2D eigenvalue weighted by molar-refractivity contribution is 0.0792. The van der Waals surface area contributed by atoms with Crippen LogP contribution in [0, 0.1) is 13.8 Å². The number of nitrogens with one attached hydrogen (secondary N) is 1. The molecule has 2 aromatic rings. The van der Waals surface area contributed by atoms with Gasteiger partial charge in [0.1, 0.15) is 0 Å². The third-order valence-electron chi connectivity index (χ3n) is 6.45. The van der Waals surface area contributed by atoms with Gasteiger partial charge in [-0.05, 0) is 69.9 Å². The van der Waals surface area contributed by atoms with E-state index in [0.29, 0.717) is 11.6 Å². The zero-order valence-corrected chi connectivity index (χ0v) is 17.5. The van der Waals surface area contributed by atoms with Gasteiger partial charge in [0.2, 0.25) is 0 Å². The van der Waals surface area contributed by atoms with Crippen LogP contribution in [0.1, 0.15) is 83.1 Å². The molecular weight excluding hydrogens is 362 g/mol. The predicted octanol–water partition coefficient (Wildman–Crippen LogP) is 5.10. The van der Waals surface area contributed by atoms with Gasteiger partial charge in [-0.3, -0.25) is 9.59 Å². The first-order valence-corrected chi connectivity index (χ1v) is 10.9. The van der Waals surface area contributed by atoms with Gasteiger partial charge >= 0.3 is 0 Å². The third kappa shape index (κ3) is 4.09. The number of benzene rings is 1. The number of likely N-dealkylation sites (tertiary alicyclic amines) is 1. The summed E-state index contributed by atoms with van der Waals surface area (Å²) in [4.78, 5) is 27.3. The van der Waals surface area contributed by atoms with Crippen LogP contribution in [0.4, 0.5) is 5.69 Å². The van der Waals surface area contributed by atoms with Crippen molar-refractivity contribution in [3.63, 3.8) is 0 Å². The van der Waals surface area contributed by atoms with Crippen LogP contribution in [0.5, 0.6) is 0 Å². The molecule has 1 aliphatic heterocycles. The number of amides is 2. The van der Waals surface area contributed by atoms with Crippen molar-refractivity contribution in [3.05, 3.63) is 52.8 Å². The normalized spacial score (nSPS) is 17.5. The van der Waals surface area contributed by atoms with E-state index in [1.54, 1.807) is 0 Å². The van der Waals surface area contributed by atoms with E-state index in [4.69, 9.17) is 0 Å². The second kappa shape index (κ2) is 8.44. The number of aryl methyl sites for hydroxylation is 1. The second-order valence-corrected chi connectivity index (χ2v) is 8.48. The highest BCUT2D eigenvalue weighted by Crippen LogP contribution is 2.32. The number of hydrogen-bond acceptors (Lipinski definition) is 2. The Morgan fingerprint density at radius 3 is 2.24 bits per heavy atom. The second-order valence-electron chi connectivity index (χ2n) is 8.48. The van der Waals surface area contributed by atoms with Crippen molar-refractivity contribution in [2.45, 2.75) is 64.8 Å². The smallest absolute Gasteiger partial charge is 0.257 e. The maximum atomic E-state index is 12.9. The Bertz CT molecular complexity index is 886. The summed E-state index contributed by atoms with van der Waals surface area (Å²) in [7, 11) is 0. The monoisotopic (exact) mass is 393 g/mol. The van der Waals surface area contributed by atoms with Gasteiger partial charge in [-0.1, -0.05) is 19.3 Å². The lowest BCUT2D eigenvalue weighted by atomic mass is 9.95. The zero-order chi connectivity index (χ0) is 20.4. The van der Waals surface area contributed by atoms with E-state index < -0.39 is 0 Å². The Hall–Kier alpha value is -2.56. The van der Waals surface area contributed by atoms with E-state index >= 15 is 0 Å². The molecule has 1 saturated carbocycles. The first kappa shape index (κ1) is 19.7.